The molecule has 0 saturated heterocycles. The first-order chi connectivity index (χ1) is 14.6. The van der Waals surface area contributed by atoms with E-state index in [0.29, 0.717) is 27.9 Å². The molecule has 0 unspecified atom stereocenters. The van der Waals surface area contributed by atoms with E-state index in [1.807, 2.05) is 12.1 Å². The summed E-state index contributed by atoms with van der Waals surface area (Å²) in [5.41, 5.74) is 7.03. The number of halogens is 2. The van der Waals surface area contributed by atoms with Crippen LogP contribution in [0.25, 0.3) is 0 Å². The van der Waals surface area contributed by atoms with E-state index in [1.54, 1.807) is 12.3 Å². The van der Waals surface area contributed by atoms with Gasteiger partial charge in [-0.3, -0.25) is 4.99 Å². The quantitative estimate of drug-likeness (QED) is 0.330. The van der Waals surface area contributed by atoms with E-state index in [1.165, 1.54) is 22.4 Å². The Kier molecular flexibility index (Phi) is 5.14. The lowest BCUT2D eigenvalue weighted by atomic mass is 9.76. The van der Waals surface area contributed by atoms with Gasteiger partial charge in [0.05, 0.1) is 16.8 Å². The maximum atomic E-state index is 6.24. The molecule has 0 aromatic heterocycles. The molecule has 3 aromatic carbocycles. The molecule has 150 valence electrons. The Hall–Kier alpha value is -2.55. The Morgan fingerprint density at radius 3 is 2.63 bits per heavy atom. The highest BCUT2D eigenvalue weighted by Gasteiger charge is 2.37. The summed E-state index contributed by atoms with van der Waals surface area (Å²) in [6.45, 7) is 2.16. The number of nitrogens with one attached hydrogen (secondary N) is 1. The predicted octanol–water partition coefficient (Wildman–Crippen LogP) is 7.88. The molecule has 0 radical (unpaired) electrons. The molecule has 1 N–H and O–H groups in total. The summed E-state index contributed by atoms with van der Waals surface area (Å²) in [6, 6.07) is 20.9. The summed E-state index contributed by atoms with van der Waals surface area (Å²) in [4.78, 5) is 4.58. The van der Waals surface area contributed by atoms with Crippen LogP contribution in [0.15, 0.2) is 77.8 Å². The van der Waals surface area contributed by atoms with Gasteiger partial charge in [-0.05, 0) is 60.7 Å². The molecule has 30 heavy (non-hydrogen) atoms. The summed E-state index contributed by atoms with van der Waals surface area (Å²) in [5, 5.41) is 5.02. The van der Waals surface area contributed by atoms with Crippen LogP contribution in [0.2, 0.25) is 10.0 Å². The number of anilines is 1. The molecule has 1 aliphatic heterocycles. The lowest BCUT2D eigenvalue weighted by molar-refractivity contribution is 0.425. The van der Waals surface area contributed by atoms with Crippen LogP contribution in [-0.2, 0) is 0 Å². The van der Waals surface area contributed by atoms with E-state index >= 15 is 0 Å². The first kappa shape index (κ1) is 19.4. The van der Waals surface area contributed by atoms with E-state index < -0.39 is 0 Å². The molecule has 1 heterocycles. The molecular formula is C26H22Cl2N2. The molecule has 0 fully saturated rings. The van der Waals surface area contributed by atoms with Gasteiger partial charge in [-0.15, -0.1) is 0 Å². The van der Waals surface area contributed by atoms with Crippen LogP contribution in [0.5, 0.6) is 0 Å². The van der Waals surface area contributed by atoms with Crippen LogP contribution >= 0.6 is 23.2 Å². The Bertz CT molecular complexity index is 1150. The Morgan fingerprint density at radius 1 is 1.00 bits per heavy atom. The number of hydrogen-bond acceptors (Lipinski definition) is 2. The summed E-state index contributed by atoms with van der Waals surface area (Å²) in [6.07, 6.45) is 7.59. The minimum absolute atomic E-state index is 0.295. The van der Waals surface area contributed by atoms with Crippen LogP contribution in [-0.4, -0.2) is 6.21 Å². The fourth-order valence-corrected chi connectivity index (χ4v) is 5.02. The third-order valence-electron chi connectivity index (χ3n) is 6.09. The molecule has 5 rings (SSSR count). The SMILES string of the molecule is Cc1ccc2c(c1)[C@@H]1C=CC[C@@H]1[C@@H](c1ccc(N=Cc3ccc(Cl)cc3Cl)cc1)N2. The highest BCUT2D eigenvalue weighted by Crippen LogP contribution is 2.50. The van der Waals surface area contributed by atoms with Crippen molar-refractivity contribution >= 4 is 40.8 Å². The van der Waals surface area contributed by atoms with Gasteiger partial charge in [-0.2, -0.15) is 0 Å². The molecular weight excluding hydrogens is 411 g/mol. The van der Waals surface area contributed by atoms with Gasteiger partial charge in [0.25, 0.3) is 0 Å². The lowest BCUT2D eigenvalue weighted by Crippen LogP contribution is -2.29. The topological polar surface area (TPSA) is 24.4 Å². The van der Waals surface area contributed by atoms with E-state index in [0.717, 1.165) is 17.7 Å². The van der Waals surface area contributed by atoms with Crippen LogP contribution < -0.4 is 5.32 Å². The second-order valence-electron chi connectivity index (χ2n) is 8.08. The molecule has 0 bridgehead atoms. The fourth-order valence-electron chi connectivity index (χ4n) is 4.56. The van der Waals surface area contributed by atoms with Crippen LogP contribution in [0.4, 0.5) is 11.4 Å². The number of fused-ring (bicyclic) bond motifs is 3. The zero-order valence-electron chi connectivity index (χ0n) is 16.6. The average molecular weight is 433 g/mol. The molecule has 0 spiro atoms. The number of aliphatic imine (C=N–C) groups is 1. The standard InChI is InChI=1S/C26H22Cl2N2/c1-16-5-12-25-23(13-16)21-3-2-4-22(21)26(30-25)17-7-10-20(11-8-17)29-15-18-6-9-19(27)14-24(18)28/h2-3,5-15,21-22,26,30H,4H2,1H3/t21-,22+,26-/m1/s1. The first-order valence-corrected chi connectivity index (χ1v) is 11.0. The predicted molar refractivity (Wildman–Crippen MR) is 128 cm³/mol. The number of nitrogens with zero attached hydrogens (tertiary/aromatic N) is 1. The summed E-state index contributed by atoms with van der Waals surface area (Å²) in [5.74, 6) is 1.03. The first-order valence-electron chi connectivity index (χ1n) is 10.2. The van der Waals surface area contributed by atoms with Gasteiger partial charge in [-0.25, -0.2) is 0 Å². The maximum Gasteiger partial charge on any atom is 0.0630 e. The number of allylic oxidation sites excluding steroid dienone is 2. The van der Waals surface area contributed by atoms with Gasteiger partial charge in [0.1, 0.15) is 0 Å². The second kappa shape index (κ2) is 7.94. The third-order valence-corrected chi connectivity index (χ3v) is 6.65. The molecule has 3 atom stereocenters. The van der Waals surface area contributed by atoms with Crippen LogP contribution in [0.1, 0.15) is 40.6 Å². The normalized spacial score (nSPS) is 22.0. The van der Waals surface area contributed by atoms with Gasteiger partial charge in [0, 0.05) is 28.4 Å². The minimum Gasteiger partial charge on any atom is -0.378 e. The van der Waals surface area contributed by atoms with Crippen molar-refractivity contribution in [2.45, 2.75) is 25.3 Å². The van der Waals surface area contributed by atoms with Crippen molar-refractivity contribution in [3.8, 4) is 0 Å². The zero-order valence-corrected chi connectivity index (χ0v) is 18.2. The monoisotopic (exact) mass is 432 g/mol. The molecule has 1 aliphatic carbocycles. The Balaban J connectivity index is 1.39. The molecule has 3 aromatic rings. The highest BCUT2D eigenvalue weighted by atomic mass is 35.5. The average Bonchev–Trinajstić information content (AvgIpc) is 3.23. The molecule has 4 heteroatoms. The summed E-state index contributed by atoms with van der Waals surface area (Å²) in [7, 11) is 0. The number of benzene rings is 3. The van der Waals surface area contributed by atoms with Crippen molar-refractivity contribution in [2.75, 3.05) is 5.32 Å². The number of hydrogen-bond donors (Lipinski definition) is 1. The largest absolute Gasteiger partial charge is 0.378 e. The number of aryl methyl sites for hydroxylation is 1. The van der Waals surface area contributed by atoms with Gasteiger partial charge in [0.2, 0.25) is 0 Å². The van der Waals surface area contributed by atoms with Crippen molar-refractivity contribution in [2.24, 2.45) is 10.9 Å². The van der Waals surface area contributed by atoms with E-state index in [4.69, 9.17) is 23.2 Å². The number of rotatable bonds is 3. The van der Waals surface area contributed by atoms with E-state index in [9.17, 15) is 0 Å². The smallest absolute Gasteiger partial charge is 0.0630 e. The second-order valence-corrected chi connectivity index (χ2v) is 8.93. The Morgan fingerprint density at radius 2 is 1.83 bits per heavy atom. The minimum atomic E-state index is 0.295. The van der Waals surface area contributed by atoms with Crippen molar-refractivity contribution in [3.63, 3.8) is 0 Å². The van der Waals surface area contributed by atoms with Crippen LogP contribution in [0.3, 0.4) is 0 Å². The van der Waals surface area contributed by atoms with Crippen molar-refractivity contribution in [1.82, 2.24) is 0 Å². The third kappa shape index (κ3) is 3.66. The van der Waals surface area contributed by atoms with Gasteiger partial charge in [0.15, 0.2) is 0 Å². The van der Waals surface area contributed by atoms with Gasteiger partial charge < -0.3 is 5.32 Å². The lowest BCUT2D eigenvalue weighted by Gasteiger charge is -2.37. The van der Waals surface area contributed by atoms with E-state index in [-0.39, 0.29) is 0 Å². The van der Waals surface area contributed by atoms with Crippen molar-refractivity contribution < 1.29 is 0 Å². The Labute approximate surface area is 187 Å². The van der Waals surface area contributed by atoms with Gasteiger partial charge >= 0.3 is 0 Å². The fraction of sp³-hybridized carbons (Fsp3) is 0.192. The molecule has 0 saturated carbocycles. The molecule has 0 amide bonds. The zero-order chi connectivity index (χ0) is 20.7. The van der Waals surface area contributed by atoms with E-state index in [2.05, 4.69) is 71.8 Å². The van der Waals surface area contributed by atoms with Crippen molar-refractivity contribution in [3.05, 3.63) is 105 Å². The highest BCUT2D eigenvalue weighted by molar-refractivity contribution is 6.36. The summed E-state index contributed by atoms with van der Waals surface area (Å²) >= 11 is 12.2. The molecule has 2 aliphatic rings. The van der Waals surface area contributed by atoms with Gasteiger partial charge in [-0.1, -0.05) is 71.2 Å². The molecule has 2 nitrogen and oxygen atoms in total. The van der Waals surface area contributed by atoms with Crippen LogP contribution in [0, 0.1) is 12.8 Å². The summed E-state index contributed by atoms with van der Waals surface area (Å²) < 4.78 is 0. The maximum absolute atomic E-state index is 6.24. The van der Waals surface area contributed by atoms with Crippen molar-refractivity contribution in [1.29, 1.82) is 0 Å².